The van der Waals surface area contributed by atoms with Crippen molar-refractivity contribution in [2.45, 2.75) is 11.8 Å². The molecule has 0 heterocycles. The van der Waals surface area contributed by atoms with Gasteiger partial charge in [0.25, 0.3) is 5.91 Å². The SMILES string of the molecule is CC(Br)c1ccccc1NC(=O)c1c(O)cccc1O. The molecule has 3 N–H and O–H groups in total. The van der Waals surface area contributed by atoms with E-state index in [2.05, 4.69) is 21.2 Å². The van der Waals surface area contributed by atoms with Gasteiger partial charge in [0.1, 0.15) is 17.1 Å². The highest BCUT2D eigenvalue weighted by atomic mass is 79.9. The average molecular weight is 336 g/mol. The molecule has 4 nitrogen and oxygen atoms in total. The number of phenolic OH excluding ortho intramolecular Hbond substituents is 2. The minimum absolute atomic E-state index is 0.0666. The van der Waals surface area contributed by atoms with Crippen LogP contribution >= 0.6 is 15.9 Å². The molecule has 5 heteroatoms. The average Bonchev–Trinajstić information content (AvgIpc) is 2.38. The highest BCUT2D eigenvalue weighted by Crippen LogP contribution is 2.31. The van der Waals surface area contributed by atoms with Crippen molar-refractivity contribution in [3.63, 3.8) is 0 Å². The van der Waals surface area contributed by atoms with E-state index in [1.54, 1.807) is 12.1 Å². The van der Waals surface area contributed by atoms with Gasteiger partial charge in [-0.25, -0.2) is 0 Å². The third kappa shape index (κ3) is 2.93. The summed E-state index contributed by atoms with van der Waals surface area (Å²) in [5.41, 5.74) is 1.41. The number of halogens is 1. The number of rotatable bonds is 3. The Bertz CT molecular complexity index is 621. The molecule has 1 atom stereocenters. The number of aromatic hydroxyl groups is 2. The summed E-state index contributed by atoms with van der Waals surface area (Å²) in [7, 11) is 0. The van der Waals surface area contributed by atoms with Crippen LogP contribution in [0, 0.1) is 0 Å². The Morgan fingerprint density at radius 1 is 1.10 bits per heavy atom. The van der Waals surface area contributed by atoms with Crippen molar-refractivity contribution in [2.75, 3.05) is 5.32 Å². The fraction of sp³-hybridized carbons (Fsp3) is 0.133. The second-order valence-electron chi connectivity index (χ2n) is 4.33. The molecule has 0 fully saturated rings. The summed E-state index contributed by atoms with van der Waals surface area (Å²) >= 11 is 3.46. The topological polar surface area (TPSA) is 69.6 Å². The van der Waals surface area contributed by atoms with E-state index in [0.717, 1.165) is 5.56 Å². The van der Waals surface area contributed by atoms with Gasteiger partial charge in [-0.3, -0.25) is 4.79 Å². The van der Waals surface area contributed by atoms with Crippen LogP contribution < -0.4 is 5.32 Å². The molecule has 0 saturated carbocycles. The minimum atomic E-state index is -0.554. The van der Waals surface area contributed by atoms with Gasteiger partial charge in [-0.15, -0.1) is 0 Å². The molecule has 2 aromatic rings. The molecule has 0 aliphatic rings. The first-order chi connectivity index (χ1) is 9.50. The molecule has 0 bridgehead atoms. The number of nitrogens with one attached hydrogen (secondary N) is 1. The summed E-state index contributed by atoms with van der Waals surface area (Å²) in [5.74, 6) is -1.07. The van der Waals surface area contributed by atoms with Crippen LogP contribution in [-0.2, 0) is 0 Å². The summed E-state index contributed by atoms with van der Waals surface area (Å²) in [5, 5.41) is 22.1. The van der Waals surface area contributed by atoms with Crippen molar-refractivity contribution in [2.24, 2.45) is 0 Å². The zero-order valence-corrected chi connectivity index (χ0v) is 12.4. The van der Waals surface area contributed by atoms with Gasteiger partial charge < -0.3 is 15.5 Å². The van der Waals surface area contributed by atoms with Crippen molar-refractivity contribution in [3.8, 4) is 11.5 Å². The molecule has 104 valence electrons. The molecule has 2 rings (SSSR count). The lowest BCUT2D eigenvalue weighted by molar-refractivity contribution is 0.102. The molecule has 0 spiro atoms. The van der Waals surface area contributed by atoms with Gasteiger partial charge in [0.2, 0.25) is 0 Å². The van der Waals surface area contributed by atoms with Crippen LogP contribution in [0.4, 0.5) is 5.69 Å². The number of anilines is 1. The number of amides is 1. The van der Waals surface area contributed by atoms with E-state index >= 15 is 0 Å². The van der Waals surface area contributed by atoms with Crippen LogP contribution in [0.1, 0.15) is 27.7 Å². The van der Waals surface area contributed by atoms with E-state index in [1.807, 2.05) is 19.1 Å². The van der Waals surface area contributed by atoms with Gasteiger partial charge in [-0.05, 0) is 30.7 Å². The Morgan fingerprint density at radius 2 is 1.70 bits per heavy atom. The fourth-order valence-electron chi connectivity index (χ4n) is 1.90. The summed E-state index contributed by atoms with van der Waals surface area (Å²) in [6, 6.07) is 11.5. The zero-order valence-electron chi connectivity index (χ0n) is 10.8. The summed E-state index contributed by atoms with van der Waals surface area (Å²) in [6.07, 6.45) is 0. The highest BCUT2D eigenvalue weighted by Gasteiger charge is 2.17. The maximum Gasteiger partial charge on any atom is 0.263 e. The van der Waals surface area contributed by atoms with Gasteiger partial charge in [-0.2, -0.15) is 0 Å². The van der Waals surface area contributed by atoms with Gasteiger partial charge in [0.15, 0.2) is 0 Å². The van der Waals surface area contributed by atoms with E-state index in [9.17, 15) is 15.0 Å². The van der Waals surface area contributed by atoms with Crippen molar-refractivity contribution >= 4 is 27.5 Å². The molecule has 0 aliphatic heterocycles. The zero-order chi connectivity index (χ0) is 14.7. The van der Waals surface area contributed by atoms with Crippen LogP contribution in [-0.4, -0.2) is 16.1 Å². The van der Waals surface area contributed by atoms with Crippen molar-refractivity contribution in [1.29, 1.82) is 0 Å². The largest absolute Gasteiger partial charge is 0.507 e. The lowest BCUT2D eigenvalue weighted by Gasteiger charge is -2.13. The van der Waals surface area contributed by atoms with Crippen molar-refractivity contribution in [3.05, 3.63) is 53.6 Å². The van der Waals surface area contributed by atoms with E-state index in [1.165, 1.54) is 18.2 Å². The third-order valence-corrected chi connectivity index (χ3v) is 3.38. The maximum atomic E-state index is 12.2. The van der Waals surface area contributed by atoms with Crippen LogP contribution in [0.5, 0.6) is 11.5 Å². The molecule has 1 unspecified atom stereocenters. The third-order valence-electron chi connectivity index (χ3n) is 2.89. The fourth-order valence-corrected chi connectivity index (χ4v) is 2.30. The van der Waals surface area contributed by atoms with Crippen molar-refractivity contribution < 1.29 is 15.0 Å². The van der Waals surface area contributed by atoms with E-state index in [0.29, 0.717) is 5.69 Å². The predicted molar refractivity (Wildman–Crippen MR) is 81.5 cm³/mol. The Labute approximate surface area is 125 Å². The Balaban J connectivity index is 2.33. The van der Waals surface area contributed by atoms with E-state index < -0.39 is 5.91 Å². The molecule has 0 aromatic heterocycles. The van der Waals surface area contributed by atoms with Crippen LogP contribution in [0.15, 0.2) is 42.5 Å². The highest BCUT2D eigenvalue weighted by molar-refractivity contribution is 9.09. The molecule has 1 amide bonds. The van der Waals surface area contributed by atoms with Crippen LogP contribution in [0.2, 0.25) is 0 Å². The maximum absolute atomic E-state index is 12.2. The predicted octanol–water partition coefficient (Wildman–Crippen LogP) is 3.81. The van der Waals surface area contributed by atoms with Gasteiger partial charge in [0.05, 0.1) is 0 Å². The van der Waals surface area contributed by atoms with Gasteiger partial charge in [-0.1, -0.05) is 40.2 Å². The number of carbonyl (C=O) groups excluding carboxylic acids is 1. The lowest BCUT2D eigenvalue weighted by Crippen LogP contribution is -2.13. The number of phenols is 2. The molecular weight excluding hydrogens is 322 g/mol. The second-order valence-corrected chi connectivity index (χ2v) is 5.70. The van der Waals surface area contributed by atoms with E-state index in [-0.39, 0.29) is 21.9 Å². The first kappa shape index (κ1) is 14.4. The smallest absolute Gasteiger partial charge is 0.263 e. The molecule has 0 aliphatic carbocycles. The van der Waals surface area contributed by atoms with E-state index in [4.69, 9.17) is 0 Å². The summed E-state index contributed by atoms with van der Waals surface area (Å²) in [4.78, 5) is 12.3. The molecule has 0 saturated heterocycles. The number of benzene rings is 2. The quantitative estimate of drug-likeness (QED) is 0.747. The number of carbonyl (C=O) groups is 1. The number of alkyl halides is 1. The molecule has 0 radical (unpaired) electrons. The first-order valence-electron chi connectivity index (χ1n) is 6.06. The standard InChI is InChI=1S/C15H14BrNO3/c1-9(16)10-5-2-3-6-11(10)17-15(20)14-12(18)7-4-8-13(14)19/h2-9,18-19H,1H3,(H,17,20). The Hall–Kier alpha value is -2.01. The van der Waals surface area contributed by atoms with Crippen molar-refractivity contribution in [1.82, 2.24) is 0 Å². The first-order valence-corrected chi connectivity index (χ1v) is 6.97. The van der Waals surface area contributed by atoms with Crippen LogP contribution in [0.25, 0.3) is 0 Å². The summed E-state index contributed by atoms with van der Waals surface area (Å²) < 4.78 is 0. The number of hydrogen-bond acceptors (Lipinski definition) is 3. The molecule has 20 heavy (non-hydrogen) atoms. The van der Waals surface area contributed by atoms with Gasteiger partial charge in [0, 0.05) is 10.5 Å². The molecule has 2 aromatic carbocycles. The monoisotopic (exact) mass is 335 g/mol. The lowest BCUT2D eigenvalue weighted by atomic mass is 10.1. The molecular formula is C15H14BrNO3. The second kappa shape index (κ2) is 5.96. The Kier molecular flexibility index (Phi) is 4.29. The normalized spacial score (nSPS) is 11.9. The van der Waals surface area contributed by atoms with Crippen LogP contribution in [0.3, 0.4) is 0 Å². The number of para-hydroxylation sites is 1. The minimum Gasteiger partial charge on any atom is -0.507 e. The number of hydrogen-bond donors (Lipinski definition) is 3. The van der Waals surface area contributed by atoms with Gasteiger partial charge >= 0.3 is 0 Å². The summed E-state index contributed by atoms with van der Waals surface area (Å²) in [6.45, 7) is 1.95. The Morgan fingerprint density at radius 3 is 2.30 bits per heavy atom.